The maximum absolute atomic E-state index is 12.3. The van der Waals surface area contributed by atoms with Crippen LogP contribution in [0.3, 0.4) is 0 Å². The number of Topliss-reactive ketones (excluding diaryl/α,β-unsaturated/α-hetero) is 1. The Bertz CT molecular complexity index is 807. The van der Waals surface area contributed by atoms with Crippen LogP contribution in [0.2, 0.25) is 0 Å². The van der Waals surface area contributed by atoms with Gasteiger partial charge < -0.3 is 15.3 Å². The molecule has 0 amide bonds. The third-order valence-electron chi connectivity index (χ3n) is 9.57. The lowest BCUT2D eigenvalue weighted by Crippen LogP contribution is -2.35. The summed E-state index contributed by atoms with van der Waals surface area (Å²) < 4.78 is 0. The molecule has 3 N–H and O–H groups in total. The van der Waals surface area contributed by atoms with E-state index in [1.165, 1.54) is 31.3 Å². The second-order valence-corrected chi connectivity index (χ2v) is 11.7. The topological polar surface area (TPSA) is 77.8 Å². The number of carbonyl (C=O) groups is 1. The predicted molar refractivity (Wildman–Crippen MR) is 131 cm³/mol. The summed E-state index contributed by atoms with van der Waals surface area (Å²) in [5.41, 5.74) is 2.47. The van der Waals surface area contributed by atoms with Crippen LogP contribution in [0.4, 0.5) is 0 Å². The molecule has 4 rings (SSSR count). The van der Waals surface area contributed by atoms with Crippen molar-refractivity contribution in [1.82, 2.24) is 0 Å². The Balaban J connectivity index is 1.44. The standard InChI is InChI=1S/C29H44O4/c1-4-26(32)29(14-15-29)27(33)12-7-19(2)24-10-11-25-21(6-5-13-28(24,25)3)9-8-20-16-22(30)18-23(31)17-20/h7-9,12,19,22-25,27,30-31,33H,4-6,10-11,13-18H2,1-3H3/t19-,22-,23-,24-,25+,27+,28-/m1/s1. The molecule has 4 aliphatic carbocycles. The van der Waals surface area contributed by atoms with Crippen LogP contribution in [0.5, 0.6) is 0 Å². The molecule has 33 heavy (non-hydrogen) atoms. The molecule has 4 fully saturated rings. The van der Waals surface area contributed by atoms with Crippen LogP contribution >= 0.6 is 0 Å². The molecule has 7 atom stereocenters. The highest BCUT2D eigenvalue weighted by Crippen LogP contribution is 2.59. The quantitative estimate of drug-likeness (QED) is 0.456. The van der Waals surface area contributed by atoms with E-state index in [1.54, 1.807) is 0 Å². The van der Waals surface area contributed by atoms with E-state index in [2.05, 4.69) is 32.1 Å². The van der Waals surface area contributed by atoms with Gasteiger partial charge in [0.1, 0.15) is 5.78 Å². The van der Waals surface area contributed by atoms with Crippen molar-refractivity contribution >= 4 is 5.78 Å². The number of carbonyl (C=O) groups excluding carboxylic acids is 1. The van der Waals surface area contributed by atoms with Gasteiger partial charge in [0, 0.05) is 6.42 Å². The smallest absolute Gasteiger partial charge is 0.141 e. The van der Waals surface area contributed by atoms with Gasteiger partial charge in [-0.3, -0.25) is 4.79 Å². The Labute approximate surface area is 199 Å². The number of aliphatic hydroxyl groups excluding tert-OH is 3. The van der Waals surface area contributed by atoms with E-state index < -0.39 is 23.7 Å². The zero-order chi connectivity index (χ0) is 23.8. The molecule has 4 aliphatic rings. The molecule has 184 valence electrons. The Kier molecular flexibility index (Phi) is 7.38. The van der Waals surface area contributed by atoms with Gasteiger partial charge in [-0.25, -0.2) is 0 Å². The Morgan fingerprint density at radius 3 is 2.42 bits per heavy atom. The largest absolute Gasteiger partial charge is 0.393 e. The number of allylic oxidation sites excluding steroid dienone is 4. The van der Waals surface area contributed by atoms with Crippen molar-refractivity contribution in [1.29, 1.82) is 0 Å². The normalized spacial score (nSPS) is 38.8. The first-order chi connectivity index (χ1) is 15.7. The maximum atomic E-state index is 12.3. The van der Waals surface area contributed by atoms with Gasteiger partial charge in [0.25, 0.3) is 0 Å². The lowest BCUT2D eigenvalue weighted by atomic mass is 9.61. The lowest BCUT2D eigenvalue weighted by Gasteiger charge is -2.44. The van der Waals surface area contributed by atoms with Crippen LogP contribution in [-0.4, -0.2) is 39.4 Å². The first-order valence-corrected chi connectivity index (χ1v) is 13.3. The SMILES string of the molecule is CCC(=O)C1([C@@H](O)C=C[C@@H](C)[C@H]2CC[C@H]3C(=CC=C4C[C@@H](O)C[C@H](O)C4)CCC[C@]23C)CC1. The van der Waals surface area contributed by atoms with Crippen molar-refractivity contribution in [2.75, 3.05) is 0 Å². The van der Waals surface area contributed by atoms with Crippen molar-refractivity contribution in [3.8, 4) is 0 Å². The molecular weight excluding hydrogens is 412 g/mol. The minimum absolute atomic E-state index is 0.203. The van der Waals surface area contributed by atoms with E-state index in [9.17, 15) is 20.1 Å². The molecule has 4 saturated carbocycles. The molecule has 0 heterocycles. The highest BCUT2D eigenvalue weighted by molar-refractivity contribution is 5.88. The molecule has 4 heteroatoms. The molecule has 0 radical (unpaired) electrons. The van der Waals surface area contributed by atoms with Gasteiger partial charge in [-0.05, 0) is 87.4 Å². The summed E-state index contributed by atoms with van der Waals surface area (Å²) in [7, 11) is 0. The number of rotatable bonds is 7. The number of hydrogen-bond donors (Lipinski definition) is 3. The van der Waals surface area contributed by atoms with Crippen LogP contribution in [0.15, 0.2) is 35.5 Å². The van der Waals surface area contributed by atoms with Crippen molar-refractivity contribution < 1.29 is 20.1 Å². The maximum Gasteiger partial charge on any atom is 0.141 e. The van der Waals surface area contributed by atoms with E-state index in [0.29, 0.717) is 43.4 Å². The van der Waals surface area contributed by atoms with Crippen molar-refractivity contribution in [2.45, 2.75) is 110 Å². The first kappa shape index (κ1) is 24.9. The molecular formula is C29H44O4. The Hall–Kier alpha value is -1.23. The van der Waals surface area contributed by atoms with Crippen molar-refractivity contribution in [2.24, 2.45) is 28.6 Å². The van der Waals surface area contributed by atoms with Crippen LogP contribution < -0.4 is 0 Å². The molecule has 0 aromatic heterocycles. The average Bonchev–Trinajstić information content (AvgIpc) is 3.51. The summed E-state index contributed by atoms with van der Waals surface area (Å²) in [6, 6.07) is 0. The second-order valence-electron chi connectivity index (χ2n) is 11.7. The number of ketones is 1. The van der Waals surface area contributed by atoms with E-state index in [-0.39, 0.29) is 11.2 Å². The van der Waals surface area contributed by atoms with Crippen LogP contribution in [0.25, 0.3) is 0 Å². The zero-order valence-corrected chi connectivity index (χ0v) is 20.8. The molecule has 0 bridgehead atoms. The molecule has 0 unspecified atom stereocenters. The fraction of sp³-hybridized carbons (Fsp3) is 0.759. The summed E-state index contributed by atoms with van der Waals surface area (Å²) in [5.74, 6) is 1.75. The predicted octanol–water partition coefficient (Wildman–Crippen LogP) is 5.27. The first-order valence-electron chi connectivity index (χ1n) is 13.3. The monoisotopic (exact) mass is 456 g/mol. The molecule has 0 spiro atoms. The van der Waals surface area contributed by atoms with E-state index >= 15 is 0 Å². The summed E-state index contributed by atoms with van der Waals surface area (Å²) in [6.45, 7) is 6.64. The van der Waals surface area contributed by atoms with E-state index in [4.69, 9.17) is 0 Å². The summed E-state index contributed by atoms with van der Waals surface area (Å²) >= 11 is 0. The van der Waals surface area contributed by atoms with E-state index in [0.717, 1.165) is 24.8 Å². The number of fused-ring (bicyclic) bond motifs is 1. The average molecular weight is 457 g/mol. The van der Waals surface area contributed by atoms with Crippen molar-refractivity contribution in [3.63, 3.8) is 0 Å². The Morgan fingerprint density at radius 1 is 1.09 bits per heavy atom. The summed E-state index contributed by atoms with van der Waals surface area (Å²) in [4.78, 5) is 12.3. The van der Waals surface area contributed by atoms with Gasteiger partial charge in [0.2, 0.25) is 0 Å². The van der Waals surface area contributed by atoms with Gasteiger partial charge >= 0.3 is 0 Å². The molecule has 0 aromatic rings. The second kappa shape index (κ2) is 9.79. The highest BCUT2D eigenvalue weighted by atomic mass is 16.3. The molecule has 4 nitrogen and oxygen atoms in total. The zero-order valence-electron chi connectivity index (χ0n) is 20.8. The fourth-order valence-electron chi connectivity index (χ4n) is 7.50. The van der Waals surface area contributed by atoms with E-state index in [1.807, 2.05) is 13.0 Å². The lowest BCUT2D eigenvalue weighted by molar-refractivity contribution is -0.126. The number of hydrogen-bond acceptors (Lipinski definition) is 4. The fourth-order valence-corrected chi connectivity index (χ4v) is 7.50. The highest BCUT2D eigenvalue weighted by Gasteiger charge is 2.53. The molecule has 0 saturated heterocycles. The molecule has 0 aromatic carbocycles. The van der Waals surface area contributed by atoms with Crippen LogP contribution in [0.1, 0.15) is 91.4 Å². The molecule has 0 aliphatic heterocycles. The third-order valence-corrected chi connectivity index (χ3v) is 9.57. The number of aliphatic hydroxyl groups is 3. The minimum atomic E-state index is -0.646. The minimum Gasteiger partial charge on any atom is -0.393 e. The van der Waals surface area contributed by atoms with Gasteiger partial charge in [-0.1, -0.05) is 56.2 Å². The third kappa shape index (κ3) is 4.94. The Morgan fingerprint density at radius 2 is 1.79 bits per heavy atom. The van der Waals surface area contributed by atoms with Crippen LogP contribution in [-0.2, 0) is 4.79 Å². The van der Waals surface area contributed by atoms with Crippen LogP contribution in [0, 0.1) is 28.6 Å². The van der Waals surface area contributed by atoms with Crippen molar-refractivity contribution in [3.05, 3.63) is 35.5 Å². The van der Waals surface area contributed by atoms with Gasteiger partial charge in [-0.15, -0.1) is 0 Å². The summed E-state index contributed by atoms with van der Waals surface area (Å²) in [6.07, 6.45) is 17.1. The summed E-state index contributed by atoms with van der Waals surface area (Å²) in [5, 5.41) is 30.7. The van der Waals surface area contributed by atoms with Gasteiger partial charge in [-0.2, -0.15) is 0 Å². The van der Waals surface area contributed by atoms with Gasteiger partial charge in [0.05, 0.1) is 23.7 Å². The van der Waals surface area contributed by atoms with Gasteiger partial charge in [0.15, 0.2) is 0 Å².